The van der Waals surface area contributed by atoms with Gasteiger partial charge in [0.05, 0.1) is 7.11 Å². The normalized spacial score (nSPS) is 21.7. The average Bonchev–Trinajstić information content (AvgIpc) is 3.04. The van der Waals surface area contributed by atoms with Gasteiger partial charge in [-0.3, -0.25) is 0 Å². The van der Waals surface area contributed by atoms with Crippen LogP contribution >= 0.6 is 0 Å². The highest BCUT2D eigenvalue weighted by molar-refractivity contribution is 5.32. The molecule has 1 saturated carbocycles. The summed E-state index contributed by atoms with van der Waals surface area (Å²) in [5, 5.41) is 0. The van der Waals surface area contributed by atoms with Crippen LogP contribution in [-0.4, -0.2) is 12.1 Å². The number of halogens is 2. The van der Waals surface area contributed by atoms with E-state index >= 15 is 0 Å². The summed E-state index contributed by atoms with van der Waals surface area (Å²) in [7, 11) is 1.49. The third kappa shape index (κ3) is 3.74. The lowest BCUT2D eigenvalue weighted by atomic mass is 9.88. The SMILES string of the molecule is COc1cc([C@@H](C)C[C@H]2CC[C@@H](c3ccc(F)nc3)C2)ccc1F. The number of hydrogen-bond acceptors (Lipinski definition) is 2. The van der Waals surface area contributed by atoms with Crippen LogP contribution in [0, 0.1) is 17.7 Å². The van der Waals surface area contributed by atoms with Crippen LogP contribution < -0.4 is 4.74 Å². The summed E-state index contributed by atoms with van der Waals surface area (Å²) in [5.74, 6) is 1.02. The van der Waals surface area contributed by atoms with E-state index in [2.05, 4.69) is 11.9 Å². The predicted molar refractivity (Wildman–Crippen MR) is 90.3 cm³/mol. The van der Waals surface area contributed by atoms with Crippen LogP contribution in [0.5, 0.6) is 5.75 Å². The second-order valence-corrected chi connectivity index (χ2v) is 6.82. The number of benzene rings is 1. The van der Waals surface area contributed by atoms with Crippen molar-refractivity contribution in [3.05, 3.63) is 59.4 Å². The number of methoxy groups -OCH3 is 1. The van der Waals surface area contributed by atoms with Crippen LogP contribution in [0.2, 0.25) is 0 Å². The summed E-state index contributed by atoms with van der Waals surface area (Å²) in [6.07, 6.45) is 6.13. The van der Waals surface area contributed by atoms with Gasteiger partial charge in [-0.2, -0.15) is 4.39 Å². The van der Waals surface area contributed by atoms with Crippen molar-refractivity contribution < 1.29 is 13.5 Å². The van der Waals surface area contributed by atoms with Crippen LogP contribution in [0.25, 0.3) is 0 Å². The van der Waals surface area contributed by atoms with Gasteiger partial charge < -0.3 is 4.74 Å². The molecule has 0 amide bonds. The molecule has 0 spiro atoms. The fraction of sp³-hybridized carbons (Fsp3) is 0.450. The predicted octanol–water partition coefficient (Wildman–Crippen LogP) is 5.45. The molecule has 1 aliphatic carbocycles. The Bertz CT molecular complexity index is 687. The van der Waals surface area contributed by atoms with Crippen LogP contribution in [0.4, 0.5) is 8.78 Å². The summed E-state index contributed by atoms with van der Waals surface area (Å²) >= 11 is 0. The Morgan fingerprint density at radius 3 is 2.75 bits per heavy atom. The fourth-order valence-corrected chi connectivity index (χ4v) is 3.84. The smallest absolute Gasteiger partial charge is 0.212 e. The second kappa shape index (κ2) is 7.29. The quantitative estimate of drug-likeness (QED) is 0.680. The van der Waals surface area contributed by atoms with Gasteiger partial charge in [0.2, 0.25) is 5.95 Å². The van der Waals surface area contributed by atoms with Crippen molar-refractivity contribution in [1.29, 1.82) is 0 Å². The van der Waals surface area contributed by atoms with Gasteiger partial charge in [0, 0.05) is 6.20 Å². The minimum atomic E-state index is -0.424. The Kier molecular flexibility index (Phi) is 5.12. The first kappa shape index (κ1) is 16.9. The molecule has 1 heterocycles. The lowest BCUT2D eigenvalue weighted by Crippen LogP contribution is -2.04. The van der Waals surface area contributed by atoms with Crippen molar-refractivity contribution in [1.82, 2.24) is 4.98 Å². The Hall–Kier alpha value is -1.97. The van der Waals surface area contributed by atoms with Crippen LogP contribution in [0.15, 0.2) is 36.5 Å². The van der Waals surface area contributed by atoms with Crippen molar-refractivity contribution in [2.75, 3.05) is 7.11 Å². The molecule has 1 aromatic carbocycles. The molecule has 0 radical (unpaired) electrons. The number of hydrogen-bond donors (Lipinski definition) is 0. The van der Waals surface area contributed by atoms with E-state index in [-0.39, 0.29) is 5.82 Å². The van der Waals surface area contributed by atoms with E-state index in [9.17, 15) is 8.78 Å². The summed E-state index contributed by atoms with van der Waals surface area (Å²) < 4.78 is 31.6. The lowest BCUT2D eigenvalue weighted by molar-refractivity contribution is 0.384. The lowest BCUT2D eigenvalue weighted by Gasteiger charge is -2.18. The van der Waals surface area contributed by atoms with Crippen LogP contribution in [0.3, 0.4) is 0 Å². The molecule has 1 aliphatic rings. The molecule has 1 fully saturated rings. The van der Waals surface area contributed by atoms with Gasteiger partial charge in [0.15, 0.2) is 11.6 Å². The summed E-state index contributed by atoms with van der Waals surface area (Å²) in [5.41, 5.74) is 2.25. The molecular formula is C20H23F2NO. The minimum Gasteiger partial charge on any atom is -0.494 e. The zero-order valence-corrected chi connectivity index (χ0v) is 14.1. The maximum atomic E-state index is 13.5. The highest BCUT2D eigenvalue weighted by atomic mass is 19.1. The number of pyridine rings is 1. The Labute approximate surface area is 141 Å². The van der Waals surface area contributed by atoms with E-state index in [1.165, 1.54) is 25.7 Å². The number of nitrogens with zero attached hydrogens (tertiary/aromatic N) is 1. The highest BCUT2D eigenvalue weighted by Gasteiger charge is 2.27. The molecular weight excluding hydrogens is 308 g/mol. The van der Waals surface area contributed by atoms with Gasteiger partial charge in [-0.05, 0) is 72.8 Å². The molecule has 0 bridgehead atoms. The van der Waals surface area contributed by atoms with Gasteiger partial charge in [0.1, 0.15) is 0 Å². The molecule has 2 aromatic rings. The van der Waals surface area contributed by atoms with Crippen LogP contribution in [0.1, 0.15) is 55.6 Å². The summed E-state index contributed by atoms with van der Waals surface area (Å²) in [6, 6.07) is 8.42. The van der Waals surface area contributed by atoms with Gasteiger partial charge in [-0.25, -0.2) is 9.37 Å². The molecule has 4 heteroatoms. The van der Waals surface area contributed by atoms with Gasteiger partial charge in [0.25, 0.3) is 0 Å². The third-order valence-corrected chi connectivity index (χ3v) is 5.19. The van der Waals surface area contributed by atoms with Crippen LogP contribution in [-0.2, 0) is 0 Å². The first-order valence-corrected chi connectivity index (χ1v) is 8.51. The number of rotatable bonds is 5. The molecule has 0 unspecified atom stereocenters. The highest BCUT2D eigenvalue weighted by Crippen LogP contribution is 2.42. The molecule has 0 saturated heterocycles. The van der Waals surface area contributed by atoms with E-state index in [4.69, 9.17) is 4.74 Å². The van der Waals surface area contributed by atoms with E-state index in [0.29, 0.717) is 23.5 Å². The largest absolute Gasteiger partial charge is 0.494 e. The minimum absolute atomic E-state index is 0.307. The molecule has 0 aliphatic heterocycles. The first-order chi connectivity index (χ1) is 11.6. The molecule has 24 heavy (non-hydrogen) atoms. The van der Waals surface area contributed by atoms with Gasteiger partial charge >= 0.3 is 0 Å². The first-order valence-electron chi connectivity index (χ1n) is 8.51. The van der Waals surface area contributed by atoms with Gasteiger partial charge in [-0.15, -0.1) is 0 Å². The maximum Gasteiger partial charge on any atom is 0.212 e. The molecule has 3 atom stereocenters. The second-order valence-electron chi connectivity index (χ2n) is 6.82. The fourth-order valence-electron chi connectivity index (χ4n) is 3.84. The van der Waals surface area contributed by atoms with Crippen molar-refractivity contribution in [2.24, 2.45) is 5.92 Å². The molecule has 1 aromatic heterocycles. The zero-order chi connectivity index (χ0) is 17.1. The zero-order valence-electron chi connectivity index (χ0n) is 14.1. The average molecular weight is 331 g/mol. The van der Waals surface area contributed by atoms with Crippen molar-refractivity contribution in [3.63, 3.8) is 0 Å². The van der Waals surface area contributed by atoms with E-state index < -0.39 is 5.95 Å². The Balaban J connectivity index is 1.61. The number of aromatic nitrogens is 1. The summed E-state index contributed by atoms with van der Waals surface area (Å²) in [6.45, 7) is 2.18. The Morgan fingerprint density at radius 2 is 2.04 bits per heavy atom. The standard InChI is InChI=1S/C20H23F2NO/c1-13(15-5-7-18(21)19(11-15)24-2)9-14-3-4-16(10-14)17-6-8-20(22)23-12-17/h5-8,11-14,16H,3-4,9-10H2,1-2H3/t13-,14+,16+/m0/s1. The van der Waals surface area contributed by atoms with Crippen molar-refractivity contribution in [2.45, 2.75) is 44.4 Å². The Morgan fingerprint density at radius 1 is 1.21 bits per heavy atom. The molecule has 128 valence electrons. The monoisotopic (exact) mass is 331 g/mol. The van der Waals surface area contributed by atoms with E-state index in [1.54, 1.807) is 12.3 Å². The van der Waals surface area contributed by atoms with E-state index in [1.807, 2.05) is 12.1 Å². The van der Waals surface area contributed by atoms with Crippen molar-refractivity contribution >= 4 is 0 Å². The summed E-state index contributed by atoms with van der Waals surface area (Å²) in [4.78, 5) is 3.77. The molecule has 2 nitrogen and oxygen atoms in total. The van der Waals surface area contributed by atoms with Gasteiger partial charge in [-0.1, -0.05) is 19.1 Å². The topological polar surface area (TPSA) is 22.1 Å². The molecule has 3 rings (SSSR count). The number of ether oxygens (including phenoxy) is 1. The van der Waals surface area contributed by atoms with E-state index in [0.717, 1.165) is 30.4 Å². The molecule has 0 N–H and O–H groups in total. The van der Waals surface area contributed by atoms with Crippen molar-refractivity contribution in [3.8, 4) is 5.75 Å². The third-order valence-electron chi connectivity index (χ3n) is 5.19. The maximum absolute atomic E-state index is 13.5.